The summed E-state index contributed by atoms with van der Waals surface area (Å²) in [7, 11) is 0. The van der Waals surface area contributed by atoms with E-state index in [0.717, 1.165) is 17.7 Å². The Bertz CT molecular complexity index is 482. The van der Waals surface area contributed by atoms with Crippen LogP contribution in [0.4, 0.5) is 0 Å². The van der Waals surface area contributed by atoms with Gasteiger partial charge in [-0.1, -0.05) is 6.07 Å². The van der Waals surface area contributed by atoms with Gasteiger partial charge >= 0.3 is 11.9 Å². The van der Waals surface area contributed by atoms with E-state index in [4.69, 9.17) is 9.47 Å². The number of aromatic nitrogens is 1. The number of hydrogen-bond donors (Lipinski definition) is 0. The largest absolute Gasteiger partial charge is 0.465 e. The first-order valence-electron chi connectivity index (χ1n) is 6.96. The number of esters is 2. The highest BCUT2D eigenvalue weighted by Gasteiger charge is 2.42. The predicted octanol–water partition coefficient (Wildman–Crippen LogP) is 1.85. The number of nitrogens with zero attached hydrogens (tertiary/aromatic N) is 1. The van der Waals surface area contributed by atoms with E-state index in [1.807, 2.05) is 12.1 Å². The van der Waals surface area contributed by atoms with Crippen molar-refractivity contribution in [1.29, 1.82) is 0 Å². The average Bonchev–Trinajstić information content (AvgIpc) is 2.84. The number of ether oxygens (including phenoxy) is 2. The molecule has 1 aromatic heterocycles. The maximum Gasteiger partial charge on any atom is 0.321 e. The number of hydrogen-bond acceptors (Lipinski definition) is 5. The Labute approximate surface area is 118 Å². The van der Waals surface area contributed by atoms with Crippen molar-refractivity contribution < 1.29 is 19.1 Å². The lowest BCUT2D eigenvalue weighted by Gasteiger charge is -2.20. The van der Waals surface area contributed by atoms with Crippen molar-refractivity contribution in [2.24, 2.45) is 5.92 Å². The summed E-state index contributed by atoms with van der Waals surface area (Å²) in [6.07, 6.45) is 3.22. The van der Waals surface area contributed by atoms with Crippen LogP contribution in [0.25, 0.3) is 0 Å². The van der Waals surface area contributed by atoms with E-state index < -0.39 is 17.9 Å². The summed E-state index contributed by atoms with van der Waals surface area (Å²) in [5.41, 5.74) is 1.91. The molecule has 1 aromatic rings. The number of fused-ring (bicyclic) bond motifs is 1. The molecule has 1 unspecified atom stereocenters. The molecule has 5 nitrogen and oxygen atoms in total. The highest BCUT2D eigenvalue weighted by atomic mass is 16.6. The molecular formula is C15H19NO4. The van der Waals surface area contributed by atoms with E-state index in [9.17, 15) is 9.59 Å². The van der Waals surface area contributed by atoms with E-state index in [1.54, 1.807) is 20.0 Å². The summed E-state index contributed by atoms with van der Waals surface area (Å²) >= 11 is 0. The first-order valence-corrected chi connectivity index (χ1v) is 6.96. The van der Waals surface area contributed by atoms with Gasteiger partial charge in [0, 0.05) is 17.8 Å². The number of carbonyl (C=O) groups excluding carboxylic acids is 2. The van der Waals surface area contributed by atoms with E-state index in [0.29, 0.717) is 6.42 Å². The highest BCUT2D eigenvalue weighted by molar-refractivity contribution is 5.96. The normalized spacial score (nSPS) is 16.9. The summed E-state index contributed by atoms with van der Waals surface area (Å²) in [5.74, 6) is -2.20. The Morgan fingerprint density at radius 2 is 1.95 bits per heavy atom. The molecule has 0 aromatic carbocycles. The molecule has 0 spiro atoms. The number of aryl methyl sites for hydroxylation is 1. The monoisotopic (exact) mass is 277 g/mol. The van der Waals surface area contributed by atoms with Crippen molar-refractivity contribution in [3.63, 3.8) is 0 Å². The third-order valence-corrected chi connectivity index (χ3v) is 3.49. The van der Waals surface area contributed by atoms with Crippen molar-refractivity contribution in [3.8, 4) is 0 Å². The number of pyridine rings is 1. The van der Waals surface area contributed by atoms with Crippen molar-refractivity contribution in [2.75, 3.05) is 13.2 Å². The van der Waals surface area contributed by atoms with Gasteiger partial charge in [0.05, 0.1) is 13.2 Å². The minimum atomic E-state index is -0.911. The zero-order valence-corrected chi connectivity index (χ0v) is 11.8. The van der Waals surface area contributed by atoms with Crippen molar-refractivity contribution in [3.05, 3.63) is 29.6 Å². The van der Waals surface area contributed by atoms with E-state index in [1.165, 1.54) is 0 Å². The molecule has 108 valence electrons. The lowest BCUT2D eigenvalue weighted by Crippen LogP contribution is -2.33. The minimum absolute atomic E-state index is 0.246. The smallest absolute Gasteiger partial charge is 0.321 e. The SMILES string of the molecule is CCOC(=O)C(C(=O)OCC)C1CCc2cccnc21. The van der Waals surface area contributed by atoms with Crippen LogP contribution < -0.4 is 0 Å². The predicted molar refractivity (Wildman–Crippen MR) is 72.1 cm³/mol. The van der Waals surface area contributed by atoms with Gasteiger partial charge in [0.25, 0.3) is 0 Å². The number of carbonyl (C=O) groups is 2. The van der Waals surface area contributed by atoms with Crippen LogP contribution in [0.5, 0.6) is 0 Å². The van der Waals surface area contributed by atoms with Crippen LogP contribution in [0.2, 0.25) is 0 Å². The molecule has 0 amide bonds. The van der Waals surface area contributed by atoms with Gasteiger partial charge in [-0.2, -0.15) is 0 Å². The van der Waals surface area contributed by atoms with Crippen LogP contribution in [0.1, 0.15) is 37.4 Å². The van der Waals surface area contributed by atoms with Gasteiger partial charge in [-0.3, -0.25) is 14.6 Å². The van der Waals surface area contributed by atoms with Crippen LogP contribution in [0, 0.1) is 5.92 Å². The molecule has 2 rings (SSSR count). The molecular weight excluding hydrogens is 258 g/mol. The summed E-state index contributed by atoms with van der Waals surface area (Å²) < 4.78 is 10.1. The average molecular weight is 277 g/mol. The third kappa shape index (κ3) is 2.81. The van der Waals surface area contributed by atoms with Crippen LogP contribution in [-0.4, -0.2) is 30.1 Å². The molecule has 20 heavy (non-hydrogen) atoms. The quantitative estimate of drug-likeness (QED) is 0.607. The summed E-state index contributed by atoms with van der Waals surface area (Å²) in [5, 5.41) is 0. The molecule has 1 aliphatic carbocycles. The second kappa shape index (κ2) is 6.50. The molecule has 5 heteroatoms. The van der Waals surface area contributed by atoms with Crippen molar-refractivity contribution >= 4 is 11.9 Å². The van der Waals surface area contributed by atoms with Gasteiger partial charge in [0.15, 0.2) is 5.92 Å². The second-order valence-corrected chi connectivity index (χ2v) is 4.67. The molecule has 1 heterocycles. The lowest BCUT2D eigenvalue weighted by atomic mass is 9.90. The van der Waals surface area contributed by atoms with Crippen LogP contribution >= 0.6 is 0 Å². The standard InChI is InChI=1S/C15H19NO4/c1-3-19-14(17)12(15(18)20-4-2)11-8-7-10-6-5-9-16-13(10)11/h5-6,9,11-12H,3-4,7-8H2,1-2H3. The summed E-state index contributed by atoms with van der Waals surface area (Å²) in [4.78, 5) is 28.5. The van der Waals surface area contributed by atoms with Gasteiger partial charge in [-0.25, -0.2) is 0 Å². The fourth-order valence-corrected chi connectivity index (χ4v) is 2.66. The van der Waals surface area contributed by atoms with Crippen molar-refractivity contribution in [1.82, 2.24) is 4.98 Å². The van der Waals surface area contributed by atoms with Gasteiger partial charge in [-0.05, 0) is 38.3 Å². The zero-order chi connectivity index (χ0) is 14.5. The van der Waals surface area contributed by atoms with Crippen LogP contribution in [0.3, 0.4) is 0 Å². The van der Waals surface area contributed by atoms with Crippen LogP contribution in [-0.2, 0) is 25.5 Å². The maximum absolute atomic E-state index is 12.1. The Morgan fingerprint density at radius 1 is 1.30 bits per heavy atom. The minimum Gasteiger partial charge on any atom is -0.465 e. The fourth-order valence-electron chi connectivity index (χ4n) is 2.66. The third-order valence-electron chi connectivity index (χ3n) is 3.49. The highest BCUT2D eigenvalue weighted by Crippen LogP contribution is 2.38. The molecule has 0 N–H and O–H groups in total. The van der Waals surface area contributed by atoms with E-state index in [2.05, 4.69) is 4.98 Å². The lowest BCUT2D eigenvalue weighted by molar-refractivity contribution is -0.162. The Hall–Kier alpha value is -1.91. The van der Waals surface area contributed by atoms with Crippen LogP contribution in [0.15, 0.2) is 18.3 Å². The molecule has 0 bridgehead atoms. The van der Waals surface area contributed by atoms with Gasteiger partial charge in [-0.15, -0.1) is 0 Å². The van der Waals surface area contributed by atoms with Crippen molar-refractivity contribution in [2.45, 2.75) is 32.6 Å². The topological polar surface area (TPSA) is 65.5 Å². The molecule has 0 fully saturated rings. The van der Waals surface area contributed by atoms with E-state index in [-0.39, 0.29) is 19.1 Å². The zero-order valence-electron chi connectivity index (χ0n) is 11.8. The molecule has 1 atom stereocenters. The van der Waals surface area contributed by atoms with E-state index >= 15 is 0 Å². The Kier molecular flexibility index (Phi) is 4.71. The molecule has 0 aliphatic heterocycles. The van der Waals surface area contributed by atoms with Gasteiger partial charge in [0.2, 0.25) is 0 Å². The fraction of sp³-hybridized carbons (Fsp3) is 0.533. The first kappa shape index (κ1) is 14.5. The summed E-state index contributed by atoms with van der Waals surface area (Å²) in [6, 6.07) is 3.85. The molecule has 0 saturated carbocycles. The maximum atomic E-state index is 12.1. The summed E-state index contributed by atoms with van der Waals surface area (Å²) in [6.45, 7) is 3.94. The second-order valence-electron chi connectivity index (χ2n) is 4.67. The Balaban J connectivity index is 2.28. The molecule has 1 aliphatic rings. The number of rotatable bonds is 5. The first-order chi connectivity index (χ1) is 9.69. The van der Waals surface area contributed by atoms with Gasteiger partial charge in [0.1, 0.15) is 0 Å². The molecule has 0 radical (unpaired) electrons. The molecule has 0 saturated heterocycles. The Morgan fingerprint density at radius 3 is 2.55 bits per heavy atom. The van der Waals surface area contributed by atoms with Gasteiger partial charge < -0.3 is 9.47 Å².